The van der Waals surface area contributed by atoms with Crippen molar-refractivity contribution in [2.24, 2.45) is 5.92 Å². The van der Waals surface area contributed by atoms with E-state index in [9.17, 15) is 0 Å². The molecule has 3 heteroatoms. The van der Waals surface area contributed by atoms with Crippen LogP contribution in [-0.2, 0) is 13.0 Å². The van der Waals surface area contributed by atoms with Crippen LogP contribution in [0.25, 0.3) is 0 Å². The highest BCUT2D eigenvalue weighted by molar-refractivity contribution is 7.99. The second-order valence-corrected chi connectivity index (χ2v) is 6.86. The molecule has 1 aromatic carbocycles. The average molecular weight is 279 g/mol. The van der Waals surface area contributed by atoms with E-state index in [1.54, 1.807) is 7.11 Å². The summed E-state index contributed by atoms with van der Waals surface area (Å²) in [7, 11) is 1.77. The van der Waals surface area contributed by atoms with Crippen LogP contribution < -0.4 is 4.74 Å². The summed E-state index contributed by atoms with van der Waals surface area (Å²) >= 11 is 2.06. The van der Waals surface area contributed by atoms with Crippen LogP contribution in [0.4, 0.5) is 0 Å². The molecule has 0 bridgehead atoms. The lowest BCUT2D eigenvalue weighted by Crippen LogP contribution is -2.32. The number of thioether (sulfide) groups is 1. The van der Waals surface area contributed by atoms with Crippen molar-refractivity contribution >= 4 is 11.8 Å². The van der Waals surface area contributed by atoms with Gasteiger partial charge in [-0.1, -0.05) is 26.0 Å². The lowest BCUT2D eigenvalue weighted by molar-refractivity contribution is 0.288. The quantitative estimate of drug-likeness (QED) is 0.819. The molecule has 1 fully saturated rings. The van der Waals surface area contributed by atoms with E-state index in [0.717, 1.165) is 18.7 Å². The van der Waals surface area contributed by atoms with Gasteiger partial charge in [-0.2, -0.15) is 11.8 Å². The van der Waals surface area contributed by atoms with Gasteiger partial charge in [0.25, 0.3) is 0 Å². The normalized spacial score (nSPS) is 16.8. The van der Waals surface area contributed by atoms with Crippen molar-refractivity contribution in [2.45, 2.75) is 26.8 Å². The van der Waals surface area contributed by atoms with Gasteiger partial charge in [-0.05, 0) is 24.0 Å². The fourth-order valence-electron chi connectivity index (χ4n) is 2.55. The number of benzene rings is 1. The van der Waals surface area contributed by atoms with Gasteiger partial charge in [0.1, 0.15) is 5.75 Å². The molecule has 0 radical (unpaired) electrons. The Labute approximate surface area is 121 Å². The Bertz CT molecular complexity index is 400. The zero-order chi connectivity index (χ0) is 13.7. The minimum atomic E-state index is 0.702. The van der Waals surface area contributed by atoms with Crippen LogP contribution in [0.5, 0.6) is 5.75 Å². The van der Waals surface area contributed by atoms with Crippen LogP contribution in [0.1, 0.15) is 25.0 Å². The van der Waals surface area contributed by atoms with Crippen molar-refractivity contribution in [3.05, 3.63) is 29.3 Å². The van der Waals surface area contributed by atoms with E-state index >= 15 is 0 Å². The fourth-order valence-corrected chi connectivity index (χ4v) is 3.53. The Morgan fingerprint density at radius 1 is 1.26 bits per heavy atom. The molecule has 0 aromatic heterocycles. The van der Waals surface area contributed by atoms with Crippen molar-refractivity contribution in [3.63, 3.8) is 0 Å². The molecule has 0 aliphatic carbocycles. The van der Waals surface area contributed by atoms with Gasteiger partial charge < -0.3 is 4.74 Å². The minimum absolute atomic E-state index is 0.702. The molecule has 1 aromatic rings. The molecule has 19 heavy (non-hydrogen) atoms. The summed E-state index contributed by atoms with van der Waals surface area (Å²) in [5.74, 6) is 4.25. The van der Waals surface area contributed by atoms with E-state index < -0.39 is 0 Å². The summed E-state index contributed by atoms with van der Waals surface area (Å²) in [6, 6.07) is 6.67. The van der Waals surface area contributed by atoms with Gasteiger partial charge >= 0.3 is 0 Å². The fraction of sp³-hybridized carbons (Fsp3) is 0.625. The molecule has 0 saturated carbocycles. The van der Waals surface area contributed by atoms with Crippen LogP contribution in [0.15, 0.2) is 18.2 Å². The number of hydrogen-bond acceptors (Lipinski definition) is 3. The van der Waals surface area contributed by atoms with Crippen LogP contribution in [-0.4, -0.2) is 36.6 Å². The third-order valence-corrected chi connectivity index (χ3v) is 4.43. The van der Waals surface area contributed by atoms with E-state index in [1.165, 1.54) is 35.7 Å². The first-order chi connectivity index (χ1) is 9.19. The van der Waals surface area contributed by atoms with Crippen molar-refractivity contribution in [1.29, 1.82) is 0 Å². The van der Waals surface area contributed by atoms with E-state index in [2.05, 4.69) is 48.7 Å². The first kappa shape index (κ1) is 14.7. The van der Waals surface area contributed by atoms with Crippen LogP contribution in [0.2, 0.25) is 0 Å². The summed E-state index contributed by atoms with van der Waals surface area (Å²) in [6.07, 6.45) is 1.15. The SMILES string of the molecule is COc1ccc(CC(C)C)cc1CN1CCSCC1. The third kappa shape index (κ3) is 4.43. The Morgan fingerprint density at radius 3 is 2.63 bits per heavy atom. The molecule has 1 heterocycles. The van der Waals surface area contributed by atoms with Crippen molar-refractivity contribution < 1.29 is 4.74 Å². The molecule has 0 unspecified atom stereocenters. The summed E-state index contributed by atoms with van der Waals surface area (Å²) in [4.78, 5) is 2.54. The summed E-state index contributed by atoms with van der Waals surface area (Å²) in [5, 5.41) is 0. The van der Waals surface area contributed by atoms with E-state index in [-0.39, 0.29) is 0 Å². The van der Waals surface area contributed by atoms with Gasteiger partial charge in [-0.25, -0.2) is 0 Å². The summed E-state index contributed by atoms with van der Waals surface area (Å²) in [5.41, 5.74) is 2.77. The second-order valence-electron chi connectivity index (χ2n) is 5.63. The molecular formula is C16H25NOS. The monoisotopic (exact) mass is 279 g/mol. The van der Waals surface area contributed by atoms with Gasteiger partial charge in [-0.15, -0.1) is 0 Å². The largest absolute Gasteiger partial charge is 0.496 e. The molecule has 0 N–H and O–H groups in total. The highest BCUT2D eigenvalue weighted by Crippen LogP contribution is 2.24. The minimum Gasteiger partial charge on any atom is -0.496 e. The Balaban J connectivity index is 2.10. The highest BCUT2D eigenvalue weighted by Gasteiger charge is 2.14. The summed E-state index contributed by atoms with van der Waals surface area (Å²) < 4.78 is 5.51. The Kier molecular flexibility index (Phi) is 5.59. The van der Waals surface area contributed by atoms with E-state index in [1.807, 2.05) is 0 Å². The first-order valence-electron chi connectivity index (χ1n) is 7.15. The van der Waals surface area contributed by atoms with Crippen molar-refractivity contribution in [2.75, 3.05) is 31.7 Å². The molecule has 0 atom stereocenters. The molecule has 2 nitrogen and oxygen atoms in total. The number of hydrogen-bond donors (Lipinski definition) is 0. The molecular weight excluding hydrogens is 254 g/mol. The third-order valence-electron chi connectivity index (χ3n) is 3.49. The lowest BCUT2D eigenvalue weighted by atomic mass is 10.0. The maximum Gasteiger partial charge on any atom is 0.123 e. The van der Waals surface area contributed by atoms with Crippen LogP contribution in [0, 0.1) is 5.92 Å². The molecule has 1 saturated heterocycles. The molecule has 0 amide bonds. The zero-order valence-electron chi connectivity index (χ0n) is 12.3. The molecule has 1 aliphatic heterocycles. The predicted octanol–water partition coefficient (Wildman–Crippen LogP) is 3.44. The van der Waals surface area contributed by atoms with Crippen LogP contribution >= 0.6 is 11.8 Å². The number of rotatable bonds is 5. The van der Waals surface area contributed by atoms with Crippen molar-refractivity contribution in [3.8, 4) is 5.75 Å². The maximum absolute atomic E-state index is 5.51. The number of nitrogens with zero attached hydrogens (tertiary/aromatic N) is 1. The topological polar surface area (TPSA) is 12.5 Å². The summed E-state index contributed by atoms with van der Waals surface area (Å²) in [6.45, 7) is 7.96. The van der Waals surface area contributed by atoms with Gasteiger partial charge in [0.2, 0.25) is 0 Å². The van der Waals surface area contributed by atoms with E-state index in [4.69, 9.17) is 4.74 Å². The molecule has 2 rings (SSSR count). The maximum atomic E-state index is 5.51. The Hall–Kier alpha value is -0.670. The molecule has 0 spiro atoms. The zero-order valence-corrected chi connectivity index (χ0v) is 13.1. The number of methoxy groups -OCH3 is 1. The standard InChI is InChI=1S/C16H25NOS/c1-13(2)10-14-4-5-16(18-3)15(11-14)12-17-6-8-19-9-7-17/h4-5,11,13H,6-10,12H2,1-3H3. The highest BCUT2D eigenvalue weighted by atomic mass is 32.2. The van der Waals surface area contributed by atoms with Crippen LogP contribution in [0.3, 0.4) is 0 Å². The molecule has 106 valence electrons. The second kappa shape index (κ2) is 7.20. The van der Waals surface area contributed by atoms with Crippen molar-refractivity contribution in [1.82, 2.24) is 4.90 Å². The number of ether oxygens (including phenoxy) is 1. The smallest absolute Gasteiger partial charge is 0.123 e. The predicted molar refractivity (Wildman–Crippen MR) is 84.1 cm³/mol. The average Bonchev–Trinajstić information content (AvgIpc) is 2.39. The Morgan fingerprint density at radius 2 is 2.00 bits per heavy atom. The van der Waals surface area contributed by atoms with Gasteiger partial charge in [0, 0.05) is 36.7 Å². The van der Waals surface area contributed by atoms with Gasteiger partial charge in [0.15, 0.2) is 0 Å². The van der Waals surface area contributed by atoms with Gasteiger partial charge in [0.05, 0.1) is 7.11 Å². The van der Waals surface area contributed by atoms with Gasteiger partial charge in [-0.3, -0.25) is 4.90 Å². The lowest BCUT2D eigenvalue weighted by Gasteiger charge is -2.27. The van der Waals surface area contributed by atoms with E-state index in [0.29, 0.717) is 5.92 Å². The first-order valence-corrected chi connectivity index (χ1v) is 8.30. The molecule has 1 aliphatic rings.